The van der Waals surface area contributed by atoms with Crippen molar-refractivity contribution >= 4 is 44.6 Å². The van der Waals surface area contributed by atoms with Crippen molar-refractivity contribution in [2.24, 2.45) is 0 Å². The molecule has 0 fully saturated rings. The summed E-state index contributed by atoms with van der Waals surface area (Å²) in [7, 11) is -2.15. The van der Waals surface area contributed by atoms with Crippen LogP contribution in [0.15, 0.2) is 70.0 Å². The van der Waals surface area contributed by atoms with Gasteiger partial charge in [0.2, 0.25) is 10.0 Å². The average Bonchev–Trinajstić information content (AvgIpc) is 3.26. The summed E-state index contributed by atoms with van der Waals surface area (Å²) >= 11 is 3.16. The number of aromatic nitrogens is 3. The molecule has 0 radical (unpaired) electrons. The maximum absolute atomic E-state index is 12.2. The first-order valence-corrected chi connectivity index (χ1v) is 13.7. The minimum atomic E-state index is -3.55. The van der Waals surface area contributed by atoms with Crippen molar-refractivity contribution < 1.29 is 8.42 Å². The van der Waals surface area contributed by atoms with E-state index in [1.54, 1.807) is 29.5 Å². The highest BCUT2D eigenvalue weighted by molar-refractivity contribution is 7.98. The van der Waals surface area contributed by atoms with E-state index in [4.69, 9.17) is 0 Å². The summed E-state index contributed by atoms with van der Waals surface area (Å²) in [4.78, 5) is 14.4. The van der Waals surface area contributed by atoms with Crippen molar-refractivity contribution in [1.82, 2.24) is 19.7 Å². The summed E-state index contributed by atoms with van der Waals surface area (Å²) in [5.74, 6) is 0.598. The number of nitrogens with zero attached hydrogens (tertiary/aromatic N) is 3. The lowest BCUT2D eigenvalue weighted by atomic mass is 10.0. The van der Waals surface area contributed by atoms with Crippen LogP contribution in [0.1, 0.15) is 16.3 Å². The van der Waals surface area contributed by atoms with E-state index in [0.29, 0.717) is 17.9 Å². The van der Waals surface area contributed by atoms with Crippen LogP contribution in [0.2, 0.25) is 0 Å². The van der Waals surface area contributed by atoms with E-state index in [0.717, 1.165) is 32.4 Å². The van der Waals surface area contributed by atoms with Crippen molar-refractivity contribution in [1.29, 1.82) is 0 Å². The molecule has 0 saturated heterocycles. The molecule has 2 heterocycles. The summed E-state index contributed by atoms with van der Waals surface area (Å²) in [6.07, 6.45) is 4.09. The van der Waals surface area contributed by atoms with E-state index in [1.165, 1.54) is 25.1 Å². The molecule has 0 saturated carbocycles. The van der Waals surface area contributed by atoms with Crippen molar-refractivity contribution in [2.45, 2.75) is 23.1 Å². The van der Waals surface area contributed by atoms with Gasteiger partial charge in [-0.1, -0.05) is 18.2 Å². The van der Waals surface area contributed by atoms with Gasteiger partial charge in [0.1, 0.15) is 12.1 Å². The number of hydrogen-bond acceptors (Lipinski definition) is 8. The minimum Gasteiger partial charge on any atom is -0.339 e. The third-order valence-corrected chi connectivity index (χ3v) is 7.94. The molecular weight excluding hydrogens is 474 g/mol. The molecule has 7 nitrogen and oxygen atoms in total. The predicted octanol–water partition coefficient (Wildman–Crippen LogP) is 4.87. The lowest BCUT2D eigenvalue weighted by molar-refractivity contribution is 0.588. The number of thiazole rings is 1. The van der Waals surface area contributed by atoms with Gasteiger partial charge in [-0.05, 0) is 50.1 Å². The van der Waals surface area contributed by atoms with E-state index in [-0.39, 0.29) is 4.90 Å². The SMILES string of the molecule is CNS(=O)(=O)c1ccc(SC)c(Nc2cc(Cc3cccc(-c4csc(C)n4)c3)ncn2)c1. The number of rotatable bonds is 8. The van der Waals surface area contributed by atoms with Gasteiger partial charge in [0.15, 0.2) is 0 Å². The Kier molecular flexibility index (Phi) is 7.08. The van der Waals surface area contributed by atoms with Gasteiger partial charge in [-0.2, -0.15) is 0 Å². The molecule has 0 amide bonds. The average molecular weight is 498 g/mol. The highest BCUT2D eigenvalue weighted by atomic mass is 32.2. The first-order valence-electron chi connectivity index (χ1n) is 10.1. The monoisotopic (exact) mass is 497 g/mol. The summed E-state index contributed by atoms with van der Waals surface area (Å²) in [6, 6.07) is 15.1. The van der Waals surface area contributed by atoms with E-state index in [1.807, 2.05) is 25.3 Å². The molecule has 2 N–H and O–H groups in total. The molecule has 0 unspecified atom stereocenters. The van der Waals surface area contributed by atoms with E-state index in [2.05, 4.69) is 48.6 Å². The number of sulfonamides is 1. The summed E-state index contributed by atoms with van der Waals surface area (Å²) in [5, 5.41) is 6.36. The van der Waals surface area contributed by atoms with Crippen LogP contribution in [-0.2, 0) is 16.4 Å². The van der Waals surface area contributed by atoms with Crippen LogP contribution in [0.3, 0.4) is 0 Å². The summed E-state index contributed by atoms with van der Waals surface area (Å²) < 4.78 is 26.8. The van der Waals surface area contributed by atoms with Gasteiger partial charge in [0, 0.05) is 28.3 Å². The predicted molar refractivity (Wildman–Crippen MR) is 135 cm³/mol. The van der Waals surface area contributed by atoms with Gasteiger partial charge >= 0.3 is 0 Å². The maximum Gasteiger partial charge on any atom is 0.240 e. The standard InChI is InChI=1S/C23H23N5O2S3/c1-15-27-21(13-32-15)17-6-4-5-16(9-17)10-18-11-23(26-14-25-18)28-20-12-19(33(29,30)24-2)7-8-22(20)31-3/h4-9,11-14,24H,10H2,1-3H3,(H,25,26,28). The number of benzene rings is 2. The molecular formula is C23H23N5O2S3. The van der Waals surface area contributed by atoms with Gasteiger partial charge in [-0.3, -0.25) is 0 Å². The van der Waals surface area contributed by atoms with Crippen molar-refractivity contribution in [3.05, 3.63) is 76.5 Å². The Morgan fingerprint density at radius 1 is 1.09 bits per heavy atom. The number of thioether (sulfide) groups is 1. The van der Waals surface area contributed by atoms with Crippen LogP contribution >= 0.6 is 23.1 Å². The minimum absolute atomic E-state index is 0.189. The number of hydrogen-bond donors (Lipinski definition) is 2. The molecule has 2 aromatic carbocycles. The highest BCUT2D eigenvalue weighted by Gasteiger charge is 2.14. The molecule has 0 aliphatic carbocycles. The molecule has 0 atom stereocenters. The van der Waals surface area contributed by atoms with Crippen LogP contribution in [0.4, 0.5) is 11.5 Å². The molecule has 4 rings (SSSR count). The highest BCUT2D eigenvalue weighted by Crippen LogP contribution is 2.30. The third-order valence-electron chi connectivity index (χ3n) is 4.96. The largest absolute Gasteiger partial charge is 0.339 e. The quantitative estimate of drug-likeness (QED) is 0.335. The van der Waals surface area contributed by atoms with Crippen LogP contribution in [0.5, 0.6) is 0 Å². The fourth-order valence-electron chi connectivity index (χ4n) is 3.32. The fourth-order valence-corrected chi connectivity index (χ4v) is 5.23. The molecule has 2 aromatic heterocycles. The Hall–Kier alpha value is -2.79. The summed E-state index contributed by atoms with van der Waals surface area (Å²) in [6.45, 7) is 2.00. The van der Waals surface area contributed by atoms with E-state index in [9.17, 15) is 8.42 Å². The van der Waals surface area contributed by atoms with Crippen molar-refractivity contribution in [3.63, 3.8) is 0 Å². The topological polar surface area (TPSA) is 96.9 Å². The Balaban J connectivity index is 1.58. The molecule has 0 aliphatic rings. The second-order valence-electron chi connectivity index (χ2n) is 7.22. The van der Waals surface area contributed by atoms with E-state index < -0.39 is 10.0 Å². The first-order chi connectivity index (χ1) is 15.9. The fraction of sp³-hybridized carbons (Fsp3) is 0.174. The number of aryl methyl sites for hydroxylation is 1. The normalized spacial score (nSPS) is 11.5. The van der Waals surface area contributed by atoms with Crippen LogP contribution in [0, 0.1) is 6.92 Å². The van der Waals surface area contributed by atoms with Gasteiger partial charge in [-0.15, -0.1) is 23.1 Å². The molecule has 0 spiro atoms. The first kappa shape index (κ1) is 23.4. The Labute approximate surface area is 201 Å². The molecule has 0 bridgehead atoms. The number of nitrogens with one attached hydrogen (secondary N) is 2. The molecule has 0 aliphatic heterocycles. The Bertz CT molecular complexity index is 1390. The number of anilines is 2. The zero-order chi connectivity index (χ0) is 23.4. The zero-order valence-electron chi connectivity index (χ0n) is 18.4. The van der Waals surface area contributed by atoms with Gasteiger partial charge < -0.3 is 5.32 Å². The van der Waals surface area contributed by atoms with Gasteiger partial charge in [0.05, 0.1) is 27.0 Å². The zero-order valence-corrected chi connectivity index (χ0v) is 20.8. The Morgan fingerprint density at radius 3 is 2.67 bits per heavy atom. The van der Waals surface area contributed by atoms with Crippen molar-refractivity contribution in [2.75, 3.05) is 18.6 Å². The maximum atomic E-state index is 12.2. The smallest absolute Gasteiger partial charge is 0.240 e. The van der Waals surface area contributed by atoms with Crippen LogP contribution < -0.4 is 10.0 Å². The molecule has 170 valence electrons. The molecule has 33 heavy (non-hydrogen) atoms. The summed E-state index contributed by atoms with van der Waals surface area (Å²) in [5.41, 5.74) is 4.70. The van der Waals surface area contributed by atoms with Gasteiger partial charge in [0.25, 0.3) is 0 Å². The van der Waals surface area contributed by atoms with Gasteiger partial charge in [-0.25, -0.2) is 28.1 Å². The van der Waals surface area contributed by atoms with E-state index >= 15 is 0 Å². The lowest BCUT2D eigenvalue weighted by Gasteiger charge is -2.13. The lowest BCUT2D eigenvalue weighted by Crippen LogP contribution is -2.18. The van der Waals surface area contributed by atoms with Crippen LogP contribution in [0.25, 0.3) is 11.3 Å². The van der Waals surface area contributed by atoms with Crippen molar-refractivity contribution in [3.8, 4) is 11.3 Å². The van der Waals surface area contributed by atoms with Crippen LogP contribution in [-0.4, -0.2) is 36.7 Å². The second kappa shape index (κ2) is 10.0. The molecule has 4 aromatic rings. The Morgan fingerprint density at radius 2 is 1.94 bits per heavy atom. The second-order valence-corrected chi connectivity index (χ2v) is 11.0. The molecule has 10 heteroatoms. The third kappa shape index (κ3) is 5.59.